The Morgan fingerprint density at radius 3 is 2.92 bits per heavy atom. The summed E-state index contributed by atoms with van der Waals surface area (Å²) < 4.78 is 18.6. The fourth-order valence-corrected chi connectivity index (χ4v) is 1.05. The summed E-state index contributed by atoms with van der Waals surface area (Å²) in [7, 11) is 0. The van der Waals surface area contributed by atoms with Crippen molar-refractivity contribution in [1.29, 1.82) is 0 Å². The zero-order chi connectivity index (χ0) is 9.68. The molecule has 0 spiro atoms. The molecule has 1 rings (SSSR count). The quantitative estimate of drug-likeness (QED) is 0.740. The van der Waals surface area contributed by atoms with E-state index in [9.17, 15) is 4.39 Å². The molecule has 0 amide bonds. The van der Waals surface area contributed by atoms with E-state index in [1.54, 1.807) is 12.1 Å². The molecule has 0 fully saturated rings. The number of hydrogen-bond donors (Lipinski definition) is 0. The van der Waals surface area contributed by atoms with Crippen LogP contribution in [0.15, 0.2) is 34.8 Å². The van der Waals surface area contributed by atoms with E-state index < -0.39 is 0 Å². The van der Waals surface area contributed by atoms with Gasteiger partial charge in [0.1, 0.15) is 18.2 Å². The van der Waals surface area contributed by atoms with Crippen LogP contribution in [0.4, 0.5) is 4.39 Å². The normalized spacial score (nSPS) is 10.7. The Kier molecular flexibility index (Phi) is 3.96. The summed E-state index contributed by atoms with van der Waals surface area (Å²) in [5.74, 6) is 0.233. The summed E-state index contributed by atoms with van der Waals surface area (Å²) in [4.78, 5) is 0. The lowest BCUT2D eigenvalue weighted by molar-refractivity contribution is 0.360. The molecule has 0 aliphatic rings. The average molecular weight is 245 g/mol. The number of halogens is 2. The van der Waals surface area contributed by atoms with Gasteiger partial charge >= 0.3 is 0 Å². The van der Waals surface area contributed by atoms with Gasteiger partial charge < -0.3 is 4.74 Å². The van der Waals surface area contributed by atoms with Gasteiger partial charge in [-0.3, -0.25) is 0 Å². The largest absolute Gasteiger partial charge is 0.489 e. The smallest absolute Gasteiger partial charge is 0.141 e. The van der Waals surface area contributed by atoms with Crippen molar-refractivity contribution in [3.05, 3.63) is 40.6 Å². The van der Waals surface area contributed by atoms with E-state index in [-0.39, 0.29) is 5.82 Å². The Balaban J connectivity index is 2.63. The molecule has 0 N–H and O–H groups in total. The molecule has 0 heterocycles. The minimum Gasteiger partial charge on any atom is -0.489 e. The highest BCUT2D eigenvalue weighted by molar-refractivity contribution is 9.10. The van der Waals surface area contributed by atoms with Crippen molar-refractivity contribution < 1.29 is 9.13 Å². The maximum absolute atomic E-state index is 12.9. The number of hydrogen-bond acceptors (Lipinski definition) is 1. The molecular formula is C10H10BrFO. The fraction of sp³-hybridized carbons (Fsp3) is 0.200. The van der Waals surface area contributed by atoms with Crippen molar-refractivity contribution >= 4 is 15.9 Å². The molecule has 0 bridgehead atoms. The molecule has 0 radical (unpaired) electrons. The Labute approximate surface area is 85.3 Å². The number of benzene rings is 1. The second-order valence-electron chi connectivity index (χ2n) is 2.46. The Morgan fingerprint density at radius 1 is 1.54 bits per heavy atom. The molecule has 1 aromatic rings. The third-order valence-corrected chi connectivity index (χ3v) is 2.12. The van der Waals surface area contributed by atoms with E-state index in [0.717, 1.165) is 0 Å². The molecular weight excluding hydrogens is 235 g/mol. The summed E-state index contributed by atoms with van der Waals surface area (Å²) in [6, 6.07) is 4.70. The maximum atomic E-state index is 12.9. The molecule has 0 saturated heterocycles. The van der Waals surface area contributed by atoms with E-state index in [1.165, 1.54) is 6.07 Å². The van der Waals surface area contributed by atoms with Crippen LogP contribution in [0.25, 0.3) is 0 Å². The van der Waals surface area contributed by atoms with Gasteiger partial charge in [-0.15, -0.1) is 0 Å². The Morgan fingerprint density at radius 2 is 2.31 bits per heavy atom. The topological polar surface area (TPSA) is 9.23 Å². The highest BCUT2D eigenvalue weighted by Crippen LogP contribution is 2.20. The van der Waals surface area contributed by atoms with E-state index >= 15 is 0 Å². The second kappa shape index (κ2) is 5.02. The summed E-state index contributed by atoms with van der Waals surface area (Å²) in [5, 5.41) is 0. The first kappa shape index (κ1) is 10.3. The van der Waals surface area contributed by atoms with Gasteiger partial charge in [0.05, 0.1) is 4.47 Å². The average Bonchev–Trinajstić information content (AvgIpc) is 2.12. The molecule has 0 unspecified atom stereocenters. The third kappa shape index (κ3) is 3.19. The van der Waals surface area contributed by atoms with Crippen LogP contribution in [0.1, 0.15) is 6.92 Å². The van der Waals surface area contributed by atoms with E-state index in [0.29, 0.717) is 16.8 Å². The van der Waals surface area contributed by atoms with Crippen LogP contribution in [0.5, 0.6) is 5.75 Å². The molecule has 1 aromatic carbocycles. The first-order valence-corrected chi connectivity index (χ1v) is 4.72. The Bertz CT molecular complexity index is 310. The van der Waals surface area contributed by atoms with Gasteiger partial charge in [-0.05, 0) is 35.0 Å². The molecule has 70 valence electrons. The lowest BCUT2D eigenvalue weighted by Crippen LogP contribution is -1.93. The zero-order valence-corrected chi connectivity index (χ0v) is 8.84. The molecule has 1 nitrogen and oxygen atoms in total. The first-order chi connectivity index (χ1) is 6.24. The van der Waals surface area contributed by atoms with E-state index in [2.05, 4.69) is 15.9 Å². The monoisotopic (exact) mass is 244 g/mol. The van der Waals surface area contributed by atoms with E-state index in [4.69, 9.17) is 4.74 Å². The van der Waals surface area contributed by atoms with E-state index in [1.807, 2.05) is 19.1 Å². The highest BCUT2D eigenvalue weighted by Gasteiger charge is 1.99. The van der Waals surface area contributed by atoms with Crippen molar-refractivity contribution in [3.63, 3.8) is 0 Å². The third-order valence-electron chi connectivity index (χ3n) is 1.47. The van der Waals surface area contributed by atoms with Crippen molar-refractivity contribution in [2.45, 2.75) is 6.92 Å². The minimum atomic E-state index is -0.307. The number of rotatable bonds is 3. The van der Waals surface area contributed by atoms with Crippen molar-refractivity contribution in [3.8, 4) is 5.75 Å². The van der Waals surface area contributed by atoms with Gasteiger partial charge in [-0.2, -0.15) is 0 Å². The van der Waals surface area contributed by atoms with Crippen LogP contribution in [-0.2, 0) is 0 Å². The van der Waals surface area contributed by atoms with Crippen LogP contribution >= 0.6 is 15.9 Å². The van der Waals surface area contributed by atoms with Crippen LogP contribution in [-0.4, -0.2) is 6.61 Å². The molecule has 0 atom stereocenters. The summed E-state index contributed by atoms with van der Waals surface area (Å²) in [6.07, 6.45) is 3.75. The molecule has 13 heavy (non-hydrogen) atoms. The van der Waals surface area contributed by atoms with Crippen LogP contribution in [0.3, 0.4) is 0 Å². The van der Waals surface area contributed by atoms with Crippen LogP contribution in [0, 0.1) is 5.82 Å². The van der Waals surface area contributed by atoms with Crippen molar-refractivity contribution in [2.24, 2.45) is 0 Å². The highest BCUT2D eigenvalue weighted by atomic mass is 79.9. The van der Waals surface area contributed by atoms with Gasteiger partial charge in [0.15, 0.2) is 0 Å². The minimum absolute atomic E-state index is 0.307. The molecule has 0 aromatic heterocycles. The number of allylic oxidation sites excluding steroid dienone is 1. The fourth-order valence-electron chi connectivity index (χ4n) is 0.807. The lowest BCUT2D eigenvalue weighted by atomic mass is 10.3. The summed E-state index contributed by atoms with van der Waals surface area (Å²) >= 11 is 3.07. The van der Waals surface area contributed by atoms with Gasteiger partial charge in [0.25, 0.3) is 0 Å². The van der Waals surface area contributed by atoms with Gasteiger partial charge in [0, 0.05) is 6.07 Å². The predicted octanol–water partition coefficient (Wildman–Crippen LogP) is 3.54. The second-order valence-corrected chi connectivity index (χ2v) is 3.31. The Hall–Kier alpha value is -0.830. The predicted molar refractivity (Wildman–Crippen MR) is 54.4 cm³/mol. The molecule has 0 saturated carbocycles. The first-order valence-electron chi connectivity index (χ1n) is 3.93. The van der Waals surface area contributed by atoms with Crippen molar-refractivity contribution in [1.82, 2.24) is 0 Å². The maximum Gasteiger partial charge on any atom is 0.141 e. The number of ether oxygens (including phenoxy) is 1. The van der Waals surface area contributed by atoms with Crippen LogP contribution in [0.2, 0.25) is 0 Å². The summed E-state index contributed by atoms with van der Waals surface area (Å²) in [5.41, 5.74) is 0. The molecule has 0 aliphatic heterocycles. The SMILES string of the molecule is CC=CCOc1ccc(Br)c(F)c1. The van der Waals surface area contributed by atoms with Crippen molar-refractivity contribution in [2.75, 3.05) is 6.61 Å². The molecule has 0 aliphatic carbocycles. The standard InChI is InChI=1S/C10H10BrFO/c1-2-3-6-13-8-4-5-9(11)10(12)7-8/h2-5,7H,6H2,1H3. The van der Waals surface area contributed by atoms with Gasteiger partial charge in [-0.1, -0.05) is 12.2 Å². The zero-order valence-electron chi connectivity index (χ0n) is 7.26. The van der Waals surface area contributed by atoms with Crippen LogP contribution < -0.4 is 4.74 Å². The molecule has 3 heteroatoms. The lowest BCUT2D eigenvalue weighted by Gasteiger charge is -2.03. The van der Waals surface area contributed by atoms with Gasteiger partial charge in [-0.25, -0.2) is 4.39 Å². The van der Waals surface area contributed by atoms with Gasteiger partial charge in [0.2, 0.25) is 0 Å². The summed E-state index contributed by atoms with van der Waals surface area (Å²) in [6.45, 7) is 2.38.